The number of piperidine rings is 1. The van der Waals surface area contributed by atoms with E-state index in [1.807, 2.05) is 60.7 Å². The summed E-state index contributed by atoms with van der Waals surface area (Å²) in [6.45, 7) is 1.62. The van der Waals surface area contributed by atoms with Crippen LogP contribution >= 0.6 is 0 Å². The number of benzene rings is 3. The highest BCUT2D eigenvalue weighted by molar-refractivity contribution is 6.06. The molecule has 3 aliphatic rings. The molecule has 5 heteroatoms. The second-order valence-electron chi connectivity index (χ2n) is 10.4. The van der Waals surface area contributed by atoms with Crippen molar-refractivity contribution < 1.29 is 14.3 Å². The molecular weight excluding hydrogens is 436 g/mol. The molecule has 0 bridgehead atoms. The van der Waals surface area contributed by atoms with E-state index in [2.05, 4.69) is 16.3 Å². The summed E-state index contributed by atoms with van der Waals surface area (Å²) < 4.78 is 6.45. The molecule has 0 radical (unpaired) electrons. The molecular formula is C30H32N2O3. The fraction of sp³-hybridized carbons (Fsp3) is 0.400. The van der Waals surface area contributed by atoms with Gasteiger partial charge < -0.3 is 15.0 Å². The van der Waals surface area contributed by atoms with E-state index in [9.17, 15) is 9.59 Å². The largest absolute Gasteiger partial charge is 0.370 e. The number of nitrogens with one attached hydrogen (secondary N) is 1. The molecule has 2 heterocycles. The highest BCUT2D eigenvalue weighted by Crippen LogP contribution is 2.42. The van der Waals surface area contributed by atoms with E-state index in [1.54, 1.807) is 0 Å². The van der Waals surface area contributed by atoms with Crippen LogP contribution in [0.1, 0.15) is 60.6 Å². The van der Waals surface area contributed by atoms with Gasteiger partial charge in [-0.3, -0.25) is 9.59 Å². The minimum absolute atomic E-state index is 0.00375. The van der Waals surface area contributed by atoms with Gasteiger partial charge in [0.05, 0.1) is 12.2 Å². The Labute approximate surface area is 206 Å². The third kappa shape index (κ3) is 4.57. The zero-order valence-corrected chi connectivity index (χ0v) is 20.0. The van der Waals surface area contributed by atoms with Crippen LogP contribution in [0.2, 0.25) is 0 Å². The van der Waals surface area contributed by atoms with Crippen LogP contribution in [0.15, 0.2) is 66.7 Å². The van der Waals surface area contributed by atoms with Crippen molar-refractivity contribution in [3.63, 3.8) is 0 Å². The number of amides is 2. The Kier molecular flexibility index (Phi) is 6.03. The summed E-state index contributed by atoms with van der Waals surface area (Å²) in [6.07, 6.45) is 6.54. The Morgan fingerprint density at radius 2 is 1.71 bits per heavy atom. The molecule has 2 saturated heterocycles. The van der Waals surface area contributed by atoms with Crippen LogP contribution < -0.4 is 5.32 Å². The Balaban J connectivity index is 1.11. The number of rotatable bonds is 4. The van der Waals surface area contributed by atoms with E-state index in [-0.39, 0.29) is 24.0 Å². The van der Waals surface area contributed by atoms with Gasteiger partial charge in [-0.05, 0) is 66.3 Å². The van der Waals surface area contributed by atoms with Crippen LogP contribution in [0.4, 0.5) is 5.69 Å². The maximum Gasteiger partial charge on any atom is 0.255 e. The molecule has 3 atom stereocenters. The summed E-state index contributed by atoms with van der Waals surface area (Å²) in [6, 6.07) is 21.8. The van der Waals surface area contributed by atoms with Crippen LogP contribution in [-0.2, 0) is 9.53 Å². The van der Waals surface area contributed by atoms with Crippen LogP contribution in [0.3, 0.4) is 0 Å². The lowest BCUT2D eigenvalue weighted by Gasteiger charge is -2.35. The SMILES string of the molecule is O=C(Nc1cccc(C2CC3CN(C(=O)C4CCCC4)CCC3O2)c1)c1ccc2ccccc2c1. The van der Waals surface area contributed by atoms with Gasteiger partial charge in [0.1, 0.15) is 0 Å². The first kappa shape index (κ1) is 22.3. The van der Waals surface area contributed by atoms with E-state index >= 15 is 0 Å². The first-order valence-corrected chi connectivity index (χ1v) is 13.0. The molecule has 3 aromatic carbocycles. The van der Waals surface area contributed by atoms with Crippen LogP contribution in [-0.4, -0.2) is 35.9 Å². The summed E-state index contributed by atoms with van der Waals surface area (Å²) in [5.41, 5.74) is 2.51. The first-order chi connectivity index (χ1) is 17.1. The van der Waals surface area contributed by atoms with Crippen molar-refractivity contribution in [2.75, 3.05) is 18.4 Å². The molecule has 0 aromatic heterocycles. The molecule has 3 aromatic rings. The summed E-state index contributed by atoms with van der Waals surface area (Å²) in [5, 5.41) is 5.23. The summed E-state index contributed by atoms with van der Waals surface area (Å²) in [5.74, 6) is 0.875. The average molecular weight is 469 g/mol. The van der Waals surface area contributed by atoms with Crippen molar-refractivity contribution in [3.8, 4) is 0 Å². The Bertz CT molecular complexity index is 1250. The lowest BCUT2D eigenvalue weighted by molar-refractivity contribution is -0.138. The molecule has 5 nitrogen and oxygen atoms in total. The summed E-state index contributed by atoms with van der Waals surface area (Å²) in [4.78, 5) is 27.9. The number of nitrogens with zero attached hydrogens (tertiary/aromatic N) is 1. The molecule has 1 N–H and O–H groups in total. The number of fused-ring (bicyclic) bond motifs is 2. The highest BCUT2D eigenvalue weighted by Gasteiger charge is 2.41. The molecule has 1 saturated carbocycles. The van der Waals surface area contributed by atoms with Crippen LogP contribution in [0.5, 0.6) is 0 Å². The monoisotopic (exact) mass is 468 g/mol. The maximum absolute atomic E-state index is 12.9. The smallest absolute Gasteiger partial charge is 0.255 e. The van der Waals surface area contributed by atoms with Crippen molar-refractivity contribution in [2.24, 2.45) is 11.8 Å². The van der Waals surface area contributed by atoms with Gasteiger partial charge in [0.15, 0.2) is 0 Å². The van der Waals surface area contributed by atoms with Gasteiger partial charge in [0, 0.05) is 36.2 Å². The normalized spacial score (nSPS) is 24.5. The van der Waals surface area contributed by atoms with Gasteiger partial charge >= 0.3 is 0 Å². The Morgan fingerprint density at radius 3 is 2.57 bits per heavy atom. The minimum atomic E-state index is -0.116. The fourth-order valence-corrected chi connectivity index (χ4v) is 6.15. The number of anilines is 1. The predicted octanol–water partition coefficient (Wildman–Crippen LogP) is 5.96. The topological polar surface area (TPSA) is 58.6 Å². The molecule has 35 heavy (non-hydrogen) atoms. The Morgan fingerprint density at radius 1 is 0.886 bits per heavy atom. The summed E-state index contributed by atoms with van der Waals surface area (Å²) >= 11 is 0. The average Bonchev–Trinajstić information content (AvgIpc) is 3.58. The van der Waals surface area contributed by atoms with Crippen molar-refractivity contribution in [2.45, 2.75) is 50.7 Å². The molecule has 6 rings (SSSR count). The van der Waals surface area contributed by atoms with E-state index in [0.717, 1.165) is 60.8 Å². The molecule has 2 aliphatic heterocycles. The van der Waals surface area contributed by atoms with Crippen LogP contribution in [0.25, 0.3) is 10.8 Å². The van der Waals surface area contributed by atoms with Crippen molar-refractivity contribution in [1.82, 2.24) is 4.90 Å². The number of hydrogen-bond acceptors (Lipinski definition) is 3. The second-order valence-corrected chi connectivity index (χ2v) is 10.4. The lowest BCUT2D eigenvalue weighted by atomic mass is 9.90. The first-order valence-electron chi connectivity index (χ1n) is 13.0. The molecule has 3 unspecified atom stereocenters. The molecule has 180 valence electrons. The van der Waals surface area contributed by atoms with E-state index in [4.69, 9.17) is 4.74 Å². The highest BCUT2D eigenvalue weighted by atomic mass is 16.5. The standard InChI is InChI=1S/C30H32N2O3/c33-29(24-13-12-20-6-1-4-9-22(20)16-24)31-26-11-5-10-23(17-26)28-18-25-19-32(15-14-27(25)35-28)30(34)21-7-2-3-8-21/h1,4-6,9-13,16-17,21,25,27-28H,2-3,7-8,14-15,18-19H2,(H,31,33). The Hall–Kier alpha value is -3.18. The number of carbonyl (C=O) groups is 2. The summed E-state index contributed by atoms with van der Waals surface area (Å²) in [7, 11) is 0. The molecule has 1 aliphatic carbocycles. The van der Waals surface area contributed by atoms with Gasteiger partial charge in [0.2, 0.25) is 5.91 Å². The molecule has 0 spiro atoms. The van der Waals surface area contributed by atoms with Crippen molar-refractivity contribution in [3.05, 3.63) is 77.9 Å². The number of ether oxygens (including phenoxy) is 1. The van der Waals surface area contributed by atoms with E-state index in [1.165, 1.54) is 12.8 Å². The molecule has 2 amide bonds. The number of likely N-dealkylation sites (tertiary alicyclic amines) is 1. The lowest BCUT2D eigenvalue weighted by Crippen LogP contribution is -2.46. The van der Waals surface area contributed by atoms with Gasteiger partial charge in [-0.1, -0.05) is 55.3 Å². The zero-order valence-electron chi connectivity index (χ0n) is 20.0. The van der Waals surface area contributed by atoms with E-state index < -0.39 is 0 Å². The fourth-order valence-electron chi connectivity index (χ4n) is 6.15. The quantitative estimate of drug-likeness (QED) is 0.514. The third-order valence-corrected chi connectivity index (χ3v) is 8.06. The van der Waals surface area contributed by atoms with Gasteiger partial charge in [-0.15, -0.1) is 0 Å². The third-order valence-electron chi connectivity index (χ3n) is 8.06. The molecule has 3 fully saturated rings. The van der Waals surface area contributed by atoms with Gasteiger partial charge in [-0.25, -0.2) is 0 Å². The number of carbonyl (C=O) groups excluding carboxylic acids is 2. The van der Waals surface area contributed by atoms with Gasteiger partial charge in [-0.2, -0.15) is 0 Å². The predicted molar refractivity (Wildman–Crippen MR) is 137 cm³/mol. The van der Waals surface area contributed by atoms with Gasteiger partial charge in [0.25, 0.3) is 5.91 Å². The second kappa shape index (κ2) is 9.46. The van der Waals surface area contributed by atoms with Crippen LogP contribution in [0, 0.1) is 11.8 Å². The zero-order chi connectivity index (χ0) is 23.8. The van der Waals surface area contributed by atoms with E-state index in [0.29, 0.717) is 17.4 Å². The number of hydrogen-bond donors (Lipinski definition) is 1. The maximum atomic E-state index is 12.9. The minimum Gasteiger partial charge on any atom is -0.370 e. The van der Waals surface area contributed by atoms with Crippen molar-refractivity contribution in [1.29, 1.82) is 0 Å². The van der Waals surface area contributed by atoms with Crippen molar-refractivity contribution >= 4 is 28.3 Å².